The van der Waals surface area contributed by atoms with E-state index in [0.717, 1.165) is 6.07 Å². The Bertz CT molecular complexity index is 1050. The van der Waals surface area contributed by atoms with E-state index in [9.17, 15) is 18.8 Å². The van der Waals surface area contributed by atoms with Crippen LogP contribution in [0.15, 0.2) is 52.3 Å². The first-order chi connectivity index (χ1) is 12.4. The third-order valence-corrected chi connectivity index (χ3v) is 4.00. The molecule has 1 atom stereocenters. The number of rotatable bonds is 6. The lowest BCUT2D eigenvalue weighted by Gasteiger charge is -2.21. The molecule has 0 bridgehead atoms. The third kappa shape index (κ3) is 3.27. The van der Waals surface area contributed by atoms with Crippen molar-refractivity contribution in [2.45, 2.75) is 6.04 Å². The molecule has 0 spiro atoms. The number of hydrogen-bond acceptors (Lipinski definition) is 6. The smallest absolute Gasteiger partial charge is 0.253 e. The molecule has 0 aliphatic carbocycles. The van der Waals surface area contributed by atoms with E-state index in [1.54, 1.807) is 12.1 Å². The number of benzene rings is 1. The molecule has 132 valence electrons. The van der Waals surface area contributed by atoms with Gasteiger partial charge in [-0.05, 0) is 29.8 Å². The van der Waals surface area contributed by atoms with E-state index >= 15 is 0 Å². The summed E-state index contributed by atoms with van der Waals surface area (Å²) in [6.45, 7) is 0. The van der Waals surface area contributed by atoms with Crippen LogP contribution in [0.25, 0.3) is 0 Å². The molecule has 1 unspecified atom stereocenters. The molecule has 9 heteroatoms. The van der Waals surface area contributed by atoms with Crippen LogP contribution in [0.4, 0.5) is 21.5 Å². The Labute approximate surface area is 151 Å². The minimum Gasteiger partial charge on any atom is -0.368 e. The molecule has 1 amide bonds. The number of aromatic nitrogens is 1. The summed E-state index contributed by atoms with van der Waals surface area (Å²) in [6, 6.07) is 5.65. The minimum absolute atomic E-state index is 0.000610. The molecule has 0 radical (unpaired) electrons. The molecule has 0 aliphatic rings. The zero-order valence-electron chi connectivity index (χ0n) is 13.1. The van der Waals surface area contributed by atoms with Crippen molar-refractivity contribution < 1.29 is 9.18 Å². The molecule has 0 aliphatic heterocycles. The number of hydrogen-bond donors (Lipinski definition) is 3. The topological polar surface area (TPSA) is 114 Å². The summed E-state index contributed by atoms with van der Waals surface area (Å²) < 4.78 is 13.3. The van der Waals surface area contributed by atoms with Gasteiger partial charge in [0.25, 0.3) is 10.9 Å². The van der Waals surface area contributed by atoms with Crippen LogP contribution in [0.5, 0.6) is 0 Å². The molecule has 7 nitrogen and oxygen atoms in total. The molecule has 0 fully saturated rings. The number of primary amides is 1. The van der Waals surface area contributed by atoms with E-state index in [-0.39, 0.29) is 22.0 Å². The molecular formula is C17H12ClFN4O3. The van der Waals surface area contributed by atoms with Crippen LogP contribution in [0.3, 0.4) is 0 Å². The summed E-state index contributed by atoms with van der Waals surface area (Å²) in [6.07, 6.45) is 3.02. The van der Waals surface area contributed by atoms with Crippen molar-refractivity contribution in [1.82, 2.24) is 4.98 Å². The zero-order chi connectivity index (χ0) is 18.8. The van der Waals surface area contributed by atoms with E-state index in [0.29, 0.717) is 5.69 Å². The minimum atomic E-state index is -1.17. The lowest BCUT2D eigenvalue weighted by molar-refractivity contribution is -0.118. The number of nitrogens with zero attached hydrogens (tertiary/aromatic N) is 1. The maximum atomic E-state index is 13.3. The Kier molecular flexibility index (Phi) is 4.68. The van der Waals surface area contributed by atoms with Crippen molar-refractivity contribution in [3.8, 4) is 0 Å². The summed E-state index contributed by atoms with van der Waals surface area (Å²) in [4.78, 5) is 39.4. The van der Waals surface area contributed by atoms with Gasteiger partial charge in [0.1, 0.15) is 23.2 Å². The van der Waals surface area contributed by atoms with Crippen LogP contribution in [0, 0.1) is 5.82 Å². The standard InChI is InChI=1S/C17H12ClFN4O3/c18-10-7-8(1-2-11(10)19)12(17(20)26)23-14-13(15(24)16(14)25)22-9-3-5-21-6-4-9/h1-7,12,23H,(H2,20,26)(H,21,22). The fourth-order valence-corrected chi connectivity index (χ4v) is 2.57. The van der Waals surface area contributed by atoms with Crippen LogP contribution in [-0.2, 0) is 4.79 Å². The summed E-state index contributed by atoms with van der Waals surface area (Å²) in [7, 11) is 0. The highest BCUT2D eigenvalue weighted by Crippen LogP contribution is 2.27. The summed E-state index contributed by atoms with van der Waals surface area (Å²) in [5, 5.41) is 5.24. The van der Waals surface area contributed by atoms with Gasteiger partial charge in [0.05, 0.1) is 5.02 Å². The van der Waals surface area contributed by atoms with Crippen molar-refractivity contribution >= 4 is 34.6 Å². The second kappa shape index (κ2) is 6.93. The SMILES string of the molecule is NC(=O)C(Nc1c(Nc2ccncc2)c(=O)c1=O)c1ccc(F)c(Cl)c1. The molecule has 4 N–H and O–H groups in total. The Balaban J connectivity index is 1.92. The first-order valence-corrected chi connectivity index (χ1v) is 7.77. The largest absolute Gasteiger partial charge is 0.368 e. The maximum Gasteiger partial charge on any atom is 0.253 e. The molecule has 3 rings (SSSR count). The average molecular weight is 375 g/mol. The van der Waals surface area contributed by atoms with Gasteiger partial charge in [-0.25, -0.2) is 4.39 Å². The lowest BCUT2D eigenvalue weighted by Crippen LogP contribution is -2.39. The second-order valence-electron chi connectivity index (χ2n) is 5.42. The van der Waals surface area contributed by atoms with Gasteiger partial charge in [-0.15, -0.1) is 0 Å². The lowest BCUT2D eigenvalue weighted by atomic mass is 10.0. The summed E-state index contributed by atoms with van der Waals surface area (Å²) in [5.74, 6) is -1.48. The van der Waals surface area contributed by atoms with E-state index < -0.39 is 28.6 Å². The Morgan fingerprint density at radius 3 is 2.38 bits per heavy atom. The number of anilines is 3. The molecule has 2 aromatic carbocycles. The predicted octanol–water partition coefficient (Wildman–Crippen LogP) is 1.85. The van der Waals surface area contributed by atoms with Crippen LogP contribution in [0.2, 0.25) is 5.02 Å². The number of nitrogens with two attached hydrogens (primary N) is 1. The van der Waals surface area contributed by atoms with Gasteiger partial charge in [0.15, 0.2) is 0 Å². The Hall–Kier alpha value is -3.26. The van der Waals surface area contributed by atoms with Crippen molar-refractivity contribution in [2.75, 3.05) is 10.6 Å². The fourth-order valence-electron chi connectivity index (χ4n) is 2.38. The molecule has 3 aromatic rings. The van der Waals surface area contributed by atoms with Crippen molar-refractivity contribution in [1.29, 1.82) is 0 Å². The van der Waals surface area contributed by atoms with Gasteiger partial charge in [-0.1, -0.05) is 17.7 Å². The Morgan fingerprint density at radius 1 is 1.12 bits per heavy atom. The summed E-state index contributed by atoms with van der Waals surface area (Å²) in [5.41, 5.74) is 4.56. The van der Waals surface area contributed by atoms with Crippen LogP contribution in [-0.4, -0.2) is 10.9 Å². The predicted molar refractivity (Wildman–Crippen MR) is 95.8 cm³/mol. The van der Waals surface area contributed by atoms with Gasteiger partial charge < -0.3 is 16.4 Å². The van der Waals surface area contributed by atoms with Gasteiger partial charge >= 0.3 is 0 Å². The van der Waals surface area contributed by atoms with Crippen LogP contribution >= 0.6 is 11.6 Å². The van der Waals surface area contributed by atoms with E-state index in [1.165, 1.54) is 24.5 Å². The first kappa shape index (κ1) is 17.6. The summed E-state index contributed by atoms with van der Waals surface area (Å²) >= 11 is 5.73. The van der Waals surface area contributed by atoms with Crippen LogP contribution < -0.4 is 27.2 Å². The average Bonchev–Trinajstić information content (AvgIpc) is 2.63. The number of carbonyl (C=O) groups excluding carboxylic acids is 1. The van der Waals surface area contributed by atoms with E-state index in [2.05, 4.69) is 15.6 Å². The van der Waals surface area contributed by atoms with E-state index in [1.807, 2.05) is 0 Å². The number of halogens is 2. The quantitative estimate of drug-likeness (QED) is 0.567. The second-order valence-corrected chi connectivity index (χ2v) is 5.83. The molecule has 26 heavy (non-hydrogen) atoms. The van der Waals surface area contributed by atoms with Gasteiger partial charge in [-0.2, -0.15) is 0 Å². The first-order valence-electron chi connectivity index (χ1n) is 7.39. The van der Waals surface area contributed by atoms with Gasteiger partial charge in [0, 0.05) is 18.1 Å². The monoisotopic (exact) mass is 374 g/mol. The Morgan fingerprint density at radius 2 is 1.77 bits per heavy atom. The van der Waals surface area contributed by atoms with E-state index in [4.69, 9.17) is 17.3 Å². The maximum absolute atomic E-state index is 13.3. The molecule has 0 saturated heterocycles. The number of carbonyl (C=O) groups is 1. The van der Waals surface area contributed by atoms with Crippen molar-refractivity contribution in [3.05, 3.63) is 79.6 Å². The normalized spacial score (nSPS) is 11.9. The molecular weight excluding hydrogens is 363 g/mol. The number of amides is 1. The highest BCUT2D eigenvalue weighted by Gasteiger charge is 2.27. The van der Waals surface area contributed by atoms with Gasteiger partial charge in [-0.3, -0.25) is 19.4 Å². The highest BCUT2D eigenvalue weighted by atomic mass is 35.5. The zero-order valence-corrected chi connectivity index (χ0v) is 13.9. The fraction of sp³-hybridized carbons (Fsp3) is 0.0588. The third-order valence-electron chi connectivity index (χ3n) is 3.71. The molecule has 1 aromatic heterocycles. The molecule has 0 saturated carbocycles. The number of pyridine rings is 1. The van der Waals surface area contributed by atoms with Crippen LogP contribution in [0.1, 0.15) is 11.6 Å². The number of nitrogens with one attached hydrogen (secondary N) is 2. The van der Waals surface area contributed by atoms with Crippen molar-refractivity contribution in [3.63, 3.8) is 0 Å². The van der Waals surface area contributed by atoms with Gasteiger partial charge in [0.2, 0.25) is 5.91 Å². The molecule has 1 heterocycles. The van der Waals surface area contributed by atoms with Crippen molar-refractivity contribution in [2.24, 2.45) is 5.73 Å². The highest BCUT2D eigenvalue weighted by molar-refractivity contribution is 6.30.